The highest BCUT2D eigenvalue weighted by molar-refractivity contribution is 5.93. The molecule has 0 aromatic carbocycles. The first-order valence-corrected chi connectivity index (χ1v) is 9.12. The van der Waals surface area contributed by atoms with Gasteiger partial charge in [-0.3, -0.25) is 10.1 Å². The Hall–Kier alpha value is -2.42. The van der Waals surface area contributed by atoms with Crippen molar-refractivity contribution in [2.45, 2.75) is 58.0 Å². The van der Waals surface area contributed by atoms with Crippen LogP contribution in [0.1, 0.15) is 51.7 Å². The van der Waals surface area contributed by atoms with Crippen LogP contribution in [0.2, 0.25) is 0 Å². The highest BCUT2D eigenvalue weighted by Gasteiger charge is 2.26. The van der Waals surface area contributed by atoms with Crippen LogP contribution in [0.3, 0.4) is 0 Å². The molecule has 27 heavy (non-hydrogen) atoms. The molecule has 0 saturated heterocycles. The van der Waals surface area contributed by atoms with Crippen molar-refractivity contribution in [3.63, 3.8) is 0 Å². The van der Waals surface area contributed by atoms with E-state index < -0.39 is 6.43 Å². The normalized spacial score (nSPS) is 20.3. The van der Waals surface area contributed by atoms with Crippen LogP contribution < -0.4 is 16.4 Å². The highest BCUT2D eigenvalue weighted by atomic mass is 19.3. The van der Waals surface area contributed by atoms with Crippen LogP contribution in [0.4, 0.5) is 20.5 Å². The van der Waals surface area contributed by atoms with Crippen molar-refractivity contribution in [3.8, 4) is 0 Å². The molecule has 2 aromatic heterocycles. The molecule has 4 N–H and O–H groups in total. The fourth-order valence-corrected chi connectivity index (χ4v) is 3.28. The van der Waals surface area contributed by atoms with E-state index in [9.17, 15) is 13.6 Å². The van der Waals surface area contributed by atoms with E-state index in [4.69, 9.17) is 5.73 Å². The van der Waals surface area contributed by atoms with E-state index in [1.807, 2.05) is 13.8 Å². The number of alkyl halides is 2. The van der Waals surface area contributed by atoms with Crippen LogP contribution in [-0.2, 0) is 4.79 Å². The summed E-state index contributed by atoms with van der Waals surface area (Å²) in [5.74, 6) is 0.0427. The Balaban J connectivity index is 1.89. The van der Waals surface area contributed by atoms with Gasteiger partial charge in [0, 0.05) is 29.6 Å². The molecule has 0 radical (unpaired) electrons. The number of halogens is 2. The number of nitrogens with zero attached hydrogens (tertiary/aromatic N) is 3. The Bertz CT molecular complexity index is 829. The first-order valence-electron chi connectivity index (χ1n) is 9.12. The molecule has 0 aliphatic heterocycles. The Labute approximate surface area is 156 Å². The third-order valence-electron chi connectivity index (χ3n) is 4.56. The molecule has 0 unspecified atom stereocenters. The standard InChI is InChI=1S/C18H24F2N6O/c1-9(2)23-16-14-11(7-13(24-16)15(19)20)8-22-18(25-14)26-17(27)10-4-3-5-12(21)6-10/h7-10,12,15H,3-6,21H2,1-2H3,(H,23,24)(H,22,25,26,27)/t10-,12+/m0/s1. The van der Waals surface area contributed by atoms with Crippen molar-refractivity contribution in [3.05, 3.63) is 18.0 Å². The van der Waals surface area contributed by atoms with Gasteiger partial charge < -0.3 is 11.1 Å². The zero-order chi connectivity index (χ0) is 19.6. The van der Waals surface area contributed by atoms with Crippen LogP contribution in [-0.4, -0.2) is 32.9 Å². The molecule has 0 bridgehead atoms. The Morgan fingerprint density at radius 1 is 1.30 bits per heavy atom. The smallest absolute Gasteiger partial charge is 0.280 e. The number of aromatic nitrogens is 3. The summed E-state index contributed by atoms with van der Waals surface area (Å²) in [6.45, 7) is 3.75. The number of carbonyl (C=O) groups is 1. The molecule has 2 atom stereocenters. The van der Waals surface area contributed by atoms with E-state index in [0.717, 1.165) is 19.3 Å². The second-order valence-corrected chi connectivity index (χ2v) is 7.24. The monoisotopic (exact) mass is 378 g/mol. The maximum Gasteiger partial charge on any atom is 0.280 e. The van der Waals surface area contributed by atoms with Crippen LogP contribution >= 0.6 is 0 Å². The number of nitrogens with one attached hydrogen (secondary N) is 2. The molecule has 7 nitrogen and oxygen atoms in total. The average molecular weight is 378 g/mol. The molecule has 2 heterocycles. The molecular formula is C18H24F2N6O. The van der Waals surface area contributed by atoms with E-state index in [-0.39, 0.29) is 41.4 Å². The van der Waals surface area contributed by atoms with Crippen molar-refractivity contribution in [2.24, 2.45) is 11.7 Å². The van der Waals surface area contributed by atoms with Crippen LogP contribution in [0, 0.1) is 5.92 Å². The molecule has 1 amide bonds. The minimum absolute atomic E-state index is 0.0228. The van der Waals surface area contributed by atoms with Crippen LogP contribution in [0.5, 0.6) is 0 Å². The molecule has 2 aromatic rings. The van der Waals surface area contributed by atoms with Gasteiger partial charge in [-0.25, -0.2) is 23.7 Å². The number of carbonyl (C=O) groups excluding carboxylic acids is 1. The third-order valence-corrected chi connectivity index (χ3v) is 4.56. The molecule has 1 saturated carbocycles. The van der Waals surface area contributed by atoms with Crippen molar-refractivity contribution in [2.75, 3.05) is 10.6 Å². The number of amides is 1. The minimum atomic E-state index is -2.70. The van der Waals surface area contributed by atoms with Gasteiger partial charge >= 0.3 is 0 Å². The van der Waals surface area contributed by atoms with Gasteiger partial charge in [0.25, 0.3) is 6.43 Å². The molecule has 1 aliphatic carbocycles. The van der Waals surface area contributed by atoms with E-state index in [1.54, 1.807) is 0 Å². The Kier molecular flexibility index (Phi) is 5.79. The lowest BCUT2D eigenvalue weighted by Crippen LogP contribution is -2.34. The highest BCUT2D eigenvalue weighted by Crippen LogP contribution is 2.28. The largest absolute Gasteiger partial charge is 0.366 e. The SMILES string of the molecule is CC(C)Nc1nc(C(F)F)cc2cnc(NC(=O)[C@H]3CCC[C@@H](N)C3)nc12. The predicted octanol–water partition coefficient (Wildman–Crippen LogP) is 3.24. The summed E-state index contributed by atoms with van der Waals surface area (Å²) in [6.07, 6.45) is 1.99. The molecule has 146 valence electrons. The van der Waals surface area contributed by atoms with E-state index >= 15 is 0 Å². The summed E-state index contributed by atoms with van der Waals surface area (Å²) in [6, 6.07) is 1.27. The lowest BCUT2D eigenvalue weighted by molar-refractivity contribution is -0.120. The van der Waals surface area contributed by atoms with Gasteiger partial charge in [0.15, 0.2) is 5.82 Å². The molecule has 0 spiro atoms. The molecular weight excluding hydrogens is 354 g/mol. The van der Waals surface area contributed by atoms with Gasteiger partial charge in [0.05, 0.1) is 0 Å². The molecule has 1 fully saturated rings. The van der Waals surface area contributed by atoms with Crippen molar-refractivity contribution >= 4 is 28.6 Å². The number of anilines is 2. The number of hydrogen-bond donors (Lipinski definition) is 3. The Morgan fingerprint density at radius 2 is 2.07 bits per heavy atom. The van der Waals surface area contributed by atoms with Gasteiger partial charge in [0.2, 0.25) is 11.9 Å². The minimum Gasteiger partial charge on any atom is -0.366 e. The van der Waals surface area contributed by atoms with Gasteiger partial charge in [-0.1, -0.05) is 6.42 Å². The summed E-state index contributed by atoms with van der Waals surface area (Å²) in [4.78, 5) is 24.9. The summed E-state index contributed by atoms with van der Waals surface area (Å²) in [5, 5.41) is 6.18. The van der Waals surface area contributed by atoms with Crippen LogP contribution in [0.25, 0.3) is 10.9 Å². The maximum atomic E-state index is 13.1. The first kappa shape index (κ1) is 19.3. The third kappa shape index (κ3) is 4.65. The number of fused-ring (bicyclic) bond motifs is 1. The number of rotatable bonds is 5. The molecule has 1 aliphatic rings. The lowest BCUT2D eigenvalue weighted by atomic mass is 9.85. The summed E-state index contributed by atoms with van der Waals surface area (Å²) in [5.41, 5.74) is 5.99. The van der Waals surface area contributed by atoms with Gasteiger partial charge in [-0.2, -0.15) is 0 Å². The number of hydrogen-bond acceptors (Lipinski definition) is 6. The first-order chi connectivity index (χ1) is 12.8. The fourth-order valence-electron chi connectivity index (χ4n) is 3.28. The van der Waals surface area contributed by atoms with Crippen molar-refractivity contribution < 1.29 is 13.6 Å². The van der Waals surface area contributed by atoms with Gasteiger partial charge in [-0.15, -0.1) is 0 Å². The quantitative estimate of drug-likeness (QED) is 0.738. The second-order valence-electron chi connectivity index (χ2n) is 7.24. The number of nitrogens with two attached hydrogens (primary N) is 1. The fraction of sp³-hybridized carbons (Fsp3) is 0.556. The molecule has 9 heteroatoms. The van der Waals surface area contributed by atoms with Gasteiger partial charge in [-0.05, 0) is 39.2 Å². The van der Waals surface area contributed by atoms with Gasteiger partial charge in [0.1, 0.15) is 11.2 Å². The van der Waals surface area contributed by atoms with Crippen LogP contribution in [0.15, 0.2) is 12.3 Å². The number of pyridine rings is 1. The average Bonchev–Trinajstić information content (AvgIpc) is 2.61. The van der Waals surface area contributed by atoms with E-state index in [2.05, 4.69) is 25.6 Å². The van der Waals surface area contributed by atoms with Crippen molar-refractivity contribution in [1.29, 1.82) is 0 Å². The summed E-state index contributed by atoms with van der Waals surface area (Å²) >= 11 is 0. The summed E-state index contributed by atoms with van der Waals surface area (Å²) < 4.78 is 26.2. The predicted molar refractivity (Wildman–Crippen MR) is 99.6 cm³/mol. The zero-order valence-corrected chi connectivity index (χ0v) is 15.4. The van der Waals surface area contributed by atoms with E-state index in [1.165, 1.54) is 12.3 Å². The Morgan fingerprint density at radius 3 is 2.74 bits per heavy atom. The van der Waals surface area contributed by atoms with E-state index in [0.29, 0.717) is 17.3 Å². The zero-order valence-electron chi connectivity index (χ0n) is 15.4. The van der Waals surface area contributed by atoms with Crippen molar-refractivity contribution in [1.82, 2.24) is 15.0 Å². The second kappa shape index (κ2) is 8.08. The topological polar surface area (TPSA) is 106 Å². The maximum absolute atomic E-state index is 13.1. The summed E-state index contributed by atoms with van der Waals surface area (Å²) in [7, 11) is 0. The molecule has 3 rings (SSSR count). The lowest BCUT2D eigenvalue weighted by Gasteiger charge is -2.25.